The van der Waals surface area contributed by atoms with Crippen LogP contribution in [0.3, 0.4) is 0 Å². The van der Waals surface area contributed by atoms with Gasteiger partial charge in [0, 0.05) is 17.7 Å². The number of aromatic nitrogens is 2. The van der Waals surface area contributed by atoms with E-state index in [4.69, 9.17) is 9.47 Å². The number of carbonyl (C=O) groups excluding carboxylic acids is 1. The van der Waals surface area contributed by atoms with Crippen molar-refractivity contribution >= 4 is 17.8 Å². The number of hydrogen-bond acceptors (Lipinski definition) is 4. The Bertz CT molecular complexity index is 761. The SMILES string of the molecule is COc1ccc(OC)c(C=CC(=O)Nc2ccnn2C2CCCC2)c1. The first kappa shape index (κ1) is 17.1. The third-order valence-corrected chi connectivity index (χ3v) is 4.44. The predicted molar refractivity (Wildman–Crippen MR) is 96.9 cm³/mol. The van der Waals surface area contributed by atoms with Gasteiger partial charge in [-0.25, -0.2) is 4.68 Å². The minimum atomic E-state index is -0.204. The lowest BCUT2D eigenvalue weighted by Gasteiger charge is -2.14. The van der Waals surface area contributed by atoms with E-state index in [1.54, 1.807) is 26.5 Å². The van der Waals surface area contributed by atoms with Crippen LogP contribution in [-0.2, 0) is 4.79 Å². The Morgan fingerprint density at radius 3 is 2.76 bits per heavy atom. The molecule has 1 saturated carbocycles. The van der Waals surface area contributed by atoms with Crippen molar-refractivity contribution in [3.05, 3.63) is 42.1 Å². The second-order valence-corrected chi connectivity index (χ2v) is 6.03. The molecule has 1 amide bonds. The maximum atomic E-state index is 12.3. The van der Waals surface area contributed by atoms with E-state index >= 15 is 0 Å². The van der Waals surface area contributed by atoms with Gasteiger partial charge < -0.3 is 14.8 Å². The molecule has 0 atom stereocenters. The number of carbonyl (C=O) groups is 1. The van der Waals surface area contributed by atoms with Crippen LogP contribution in [0.5, 0.6) is 11.5 Å². The summed E-state index contributed by atoms with van der Waals surface area (Å²) >= 11 is 0. The second-order valence-electron chi connectivity index (χ2n) is 6.03. The smallest absolute Gasteiger partial charge is 0.249 e. The van der Waals surface area contributed by atoms with Gasteiger partial charge in [-0.3, -0.25) is 4.79 Å². The van der Waals surface area contributed by atoms with E-state index in [0.29, 0.717) is 17.5 Å². The van der Waals surface area contributed by atoms with E-state index in [1.165, 1.54) is 18.9 Å². The van der Waals surface area contributed by atoms with Gasteiger partial charge in [0.15, 0.2) is 0 Å². The summed E-state index contributed by atoms with van der Waals surface area (Å²) in [5.41, 5.74) is 0.779. The van der Waals surface area contributed by atoms with Crippen LogP contribution in [0.4, 0.5) is 5.82 Å². The van der Waals surface area contributed by atoms with Gasteiger partial charge in [-0.05, 0) is 37.1 Å². The van der Waals surface area contributed by atoms with Crippen molar-refractivity contribution < 1.29 is 14.3 Å². The van der Waals surface area contributed by atoms with E-state index in [-0.39, 0.29) is 5.91 Å². The van der Waals surface area contributed by atoms with Crippen LogP contribution in [0.25, 0.3) is 6.08 Å². The Morgan fingerprint density at radius 1 is 1.24 bits per heavy atom. The van der Waals surface area contributed by atoms with Gasteiger partial charge in [-0.2, -0.15) is 5.10 Å². The number of nitrogens with one attached hydrogen (secondary N) is 1. The van der Waals surface area contributed by atoms with Gasteiger partial charge in [0.25, 0.3) is 0 Å². The number of anilines is 1. The summed E-state index contributed by atoms with van der Waals surface area (Å²) in [7, 11) is 3.20. The van der Waals surface area contributed by atoms with E-state index in [1.807, 2.05) is 28.9 Å². The van der Waals surface area contributed by atoms with Crippen LogP contribution < -0.4 is 14.8 Å². The molecule has 2 aromatic rings. The molecule has 0 radical (unpaired) electrons. The minimum Gasteiger partial charge on any atom is -0.497 e. The summed E-state index contributed by atoms with van der Waals surface area (Å²) in [6.07, 6.45) is 9.59. The lowest BCUT2D eigenvalue weighted by atomic mass is 10.1. The highest BCUT2D eigenvalue weighted by molar-refractivity contribution is 6.01. The summed E-state index contributed by atoms with van der Waals surface area (Å²) in [6.45, 7) is 0. The number of ether oxygens (including phenoxy) is 2. The fraction of sp³-hybridized carbons (Fsp3) is 0.368. The molecule has 1 fully saturated rings. The molecule has 3 rings (SSSR count). The highest BCUT2D eigenvalue weighted by Crippen LogP contribution is 2.31. The standard InChI is InChI=1S/C19H23N3O3/c1-24-16-8-9-17(25-2)14(13-16)7-10-19(23)21-18-11-12-20-22(18)15-5-3-4-6-15/h7-13,15H,3-6H2,1-2H3,(H,21,23). The summed E-state index contributed by atoms with van der Waals surface area (Å²) < 4.78 is 12.5. The molecule has 0 unspecified atom stereocenters. The number of benzene rings is 1. The first-order chi connectivity index (χ1) is 12.2. The molecular formula is C19H23N3O3. The Balaban J connectivity index is 1.71. The molecule has 1 aliphatic carbocycles. The maximum absolute atomic E-state index is 12.3. The third-order valence-electron chi connectivity index (χ3n) is 4.44. The highest BCUT2D eigenvalue weighted by Gasteiger charge is 2.20. The molecular weight excluding hydrogens is 318 g/mol. The first-order valence-corrected chi connectivity index (χ1v) is 8.46. The fourth-order valence-corrected chi connectivity index (χ4v) is 3.16. The van der Waals surface area contributed by atoms with Crippen LogP contribution >= 0.6 is 0 Å². The maximum Gasteiger partial charge on any atom is 0.249 e. The second kappa shape index (κ2) is 7.88. The van der Waals surface area contributed by atoms with E-state index in [2.05, 4.69) is 10.4 Å². The average Bonchev–Trinajstić information content (AvgIpc) is 3.31. The van der Waals surface area contributed by atoms with Crippen LogP contribution in [0.15, 0.2) is 36.5 Å². The lowest BCUT2D eigenvalue weighted by Crippen LogP contribution is -2.15. The van der Waals surface area contributed by atoms with Crippen molar-refractivity contribution in [2.45, 2.75) is 31.7 Å². The van der Waals surface area contributed by atoms with Crippen molar-refractivity contribution in [1.29, 1.82) is 0 Å². The predicted octanol–water partition coefficient (Wildman–Crippen LogP) is 3.67. The monoisotopic (exact) mass is 341 g/mol. The van der Waals surface area contributed by atoms with Crippen molar-refractivity contribution in [2.75, 3.05) is 19.5 Å². The van der Waals surface area contributed by atoms with E-state index in [9.17, 15) is 4.79 Å². The average molecular weight is 341 g/mol. The number of methoxy groups -OCH3 is 2. The molecule has 132 valence electrons. The fourth-order valence-electron chi connectivity index (χ4n) is 3.16. The van der Waals surface area contributed by atoms with Gasteiger partial charge >= 0.3 is 0 Å². The summed E-state index contributed by atoms with van der Waals surface area (Å²) in [5, 5.41) is 7.27. The van der Waals surface area contributed by atoms with Crippen molar-refractivity contribution in [1.82, 2.24) is 9.78 Å². The van der Waals surface area contributed by atoms with Gasteiger partial charge in [0.1, 0.15) is 17.3 Å². The van der Waals surface area contributed by atoms with Gasteiger partial charge in [-0.15, -0.1) is 0 Å². The zero-order valence-corrected chi connectivity index (χ0v) is 14.6. The topological polar surface area (TPSA) is 65.4 Å². The van der Waals surface area contributed by atoms with Crippen molar-refractivity contribution in [2.24, 2.45) is 0 Å². The van der Waals surface area contributed by atoms with Crippen LogP contribution in [0, 0.1) is 0 Å². The molecule has 6 nitrogen and oxygen atoms in total. The number of amides is 1. The number of hydrogen-bond donors (Lipinski definition) is 1. The Morgan fingerprint density at radius 2 is 2.04 bits per heavy atom. The summed E-state index contributed by atoms with van der Waals surface area (Å²) in [4.78, 5) is 12.3. The summed E-state index contributed by atoms with van der Waals surface area (Å²) in [5.74, 6) is 1.92. The van der Waals surface area contributed by atoms with Crippen LogP contribution in [-0.4, -0.2) is 29.9 Å². The molecule has 1 aliphatic rings. The molecule has 0 aliphatic heterocycles. The number of nitrogens with zero attached hydrogens (tertiary/aromatic N) is 2. The molecule has 25 heavy (non-hydrogen) atoms. The molecule has 1 aromatic heterocycles. The quantitative estimate of drug-likeness (QED) is 0.814. The molecule has 0 saturated heterocycles. The lowest BCUT2D eigenvalue weighted by molar-refractivity contribution is -0.111. The molecule has 0 spiro atoms. The van der Waals surface area contributed by atoms with Crippen molar-refractivity contribution in [3.63, 3.8) is 0 Å². The Labute approximate surface area is 147 Å². The summed E-state index contributed by atoms with van der Waals surface area (Å²) in [6, 6.07) is 7.66. The van der Waals surface area contributed by atoms with Crippen LogP contribution in [0.1, 0.15) is 37.3 Å². The van der Waals surface area contributed by atoms with Crippen molar-refractivity contribution in [3.8, 4) is 11.5 Å². The molecule has 6 heteroatoms. The Hall–Kier alpha value is -2.76. The third kappa shape index (κ3) is 4.02. The normalized spacial score (nSPS) is 14.8. The van der Waals surface area contributed by atoms with Gasteiger partial charge in [-0.1, -0.05) is 12.8 Å². The largest absolute Gasteiger partial charge is 0.497 e. The molecule has 1 aromatic carbocycles. The minimum absolute atomic E-state index is 0.204. The van der Waals surface area contributed by atoms with Gasteiger partial charge in [0.2, 0.25) is 5.91 Å². The van der Waals surface area contributed by atoms with E-state index in [0.717, 1.165) is 24.2 Å². The first-order valence-electron chi connectivity index (χ1n) is 8.46. The van der Waals surface area contributed by atoms with Gasteiger partial charge in [0.05, 0.1) is 26.5 Å². The number of rotatable bonds is 6. The Kier molecular flexibility index (Phi) is 5.38. The molecule has 0 bridgehead atoms. The highest BCUT2D eigenvalue weighted by atomic mass is 16.5. The zero-order valence-electron chi connectivity index (χ0n) is 14.6. The molecule has 1 heterocycles. The zero-order chi connectivity index (χ0) is 17.6. The van der Waals surface area contributed by atoms with E-state index < -0.39 is 0 Å². The van der Waals surface area contributed by atoms with Crippen LogP contribution in [0.2, 0.25) is 0 Å². The molecule has 1 N–H and O–H groups in total.